The normalized spacial score (nSPS) is 12.9. The van der Waals surface area contributed by atoms with E-state index in [2.05, 4.69) is 10.3 Å². The van der Waals surface area contributed by atoms with Crippen LogP contribution in [0.3, 0.4) is 0 Å². The van der Waals surface area contributed by atoms with E-state index in [-0.39, 0.29) is 23.2 Å². The number of nitrogens with one attached hydrogen (secondary N) is 1. The molecule has 0 aliphatic carbocycles. The summed E-state index contributed by atoms with van der Waals surface area (Å²) >= 11 is 0. The Balaban J connectivity index is 1.87. The molecule has 3 aromatic rings. The van der Waals surface area contributed by atoms with Crippen molar-refractivity contribution < 1.29 is 9.18 Å². The standard InChI is InChI=1S/C21H24FN3O/c1-21(2,3)12-20(26)24-18(15-8-10-16(22)11-9-15)13-25-14-23-17-6-4-5-7-19(17)25/h4-11,14,18H,12-13H2,1-3H3,(H,24,26). The molecule has 1 amide bonds. The number of amides is 1. The maximum atomic E-state index is 13.3. The van der Waals surface area contributed by atoms with Crippen molar-refractivity contribution in [2.75, 3.05) is 0 Å². The molecule has 0 saturated carbocycles. The highest BCUT2D eigenvalue weighted by Crippen LogP contribution is 2.22. The Morgan fingerprint density at radius 2 is 1.85 bits per heavy atom. The Labute approximate surface area is 153 Å². The molecule has 2 aromatic carbocycles. The molecule has 1 heterocycles. The van der Waals surface area contributed by atoms with Crippen LogP contribution < -0.4 is 5.32 Å². The Morgan fingerprint density at radius 1 is 1.15 bits per heavy atom. The molecule has 0 bridgehead atoms. The van der Waals surface area contributed by atoms with Gasteiger partial charge in [-0.15, -0.1) is 0 Å². The third-order valence-electron chi connectivity index (χ3n) is 4.21. The van der Waals surface area contributed by atoms with Gasteiger partial charge in [-0.3, -0.25) is 4.79 Å². The first kappa shape index (κ1) is 18.1. The molecule has 0 aliphatic rings. The predicted octanol–water partition coefficient (Wildman–Crippen LogP) is 4.47. The third-order valence-corrected chi connectivity index (χ3v) is 4.21. The maximum absolute atomic E-state index is 13.3. The van der Waals surface area contributed by atoms with E-state index in [9.17, 15) is 9.18 Å². The number of carbonyl (C=O) groups is 1. The van der Waals surface area contributed by atoms with Crippen LogP contribution >= 0.6 is 0 Å². The first-order valence-corrected chi connectivity index (χ1v) is 8.76. The summed E-state index contributed by atoms with van der Waals surface area (Å²) in [6.07, 6.45) is 2.20. The highest BCUT2D eigenvalue weighted by atomic mass is 19.1. The number of hydrogen-bond acceptors (Lipinski definition) is 2. The summed E-state index contributed by atoms with van der Waals surface area (Å²) in [5.74, 6) is -0.308. The minimum atomic E-state index is -0.290. The van der Waals surface area contributed by atoms with Crippen LogP contribution in [0, 0.1) is 11.2 Å². The number of halogens is 1. The van der Waals surface area contributed by atoms with Gasteiger partial charge in [-0.2, -0.15) is 0 Å². The highest BCUT2D eigenvalue weighted by Gasteiger charge is 2.21. The largest absolute Gasteiger partial charge is 0.347 e. The van der Waals surface area contributed by atoms with Crippen molar-refractivity contribution in [3.63, 3.8) is 0 Å². The smallest absolute Gasteiger partial charge is 0.221 e. The van der Waals surface area contributed by atoms with Gasteiger partial charge in [0.2, 0.25) is 5.91 Å². The molecule has 26 heavy (non-hydrogen) atoms. The van der Waals surface area contributed by atoms with Crippen molar-refractivity contribution in [2.45, 2.75) is 39.8 Å². The van der Waals surface area contributed by atoms with Crippen molar-refractivity contribution in [1.82, 2.24) is 14.9 Å². The lowest BCUT2D eigenvalue weighted by Crippen LogP contribution is -2.33. The molecule has 0 spiro atoms. The minimum absolute atomic E-state index is 0.0174. The van der Waals surface area contributed by atoms with Gasteiger partial charge in [0.15, 0.2) is 0 Å². The lowest BCUT2D eigenvalue weighted by Gasteiger charge is -2.23. The number of carbonyl (C=O) groups excluding carboxylic acids is 1. The van der Waals surface area contributed by atoms with E-state index in [4.69, 9.17) is 0 Å². The summed E-state index contributed by atoms with van der Waals surface area (Å²) in [6.45, 7) is 6.62. The third kappa shape index (κ3) is 4.48. The molecule has 4 nitrogen and oxygen atoms in total. The Kier molecular flexibility index (Phi) is 5.07. The van der Waals surface area contributed by atoms with Gasteiger partial charge in [-0.25, -0.2) is 9.37 Å². The topological polar surface area (TPSA) is 46.9 Å². The van der Waals surface area contributed by atoms with Gasteiger partial charge in [0.25, 0.3) is 0 Å². The second-order valence-electron chi connectivity index (χ2n) is 7.79. The van der Waals surface area contributed by atoms with Crippen molar-refractivity contribution in [2.24, 2.45) is 5.41 Å². The summed E-state index contributed by atoms with van der Waals surface area (Å²) in [5.41, 5.74) is 2.68. The molecule has 136 valence electrons. The van der Waals surface area contributed by atoms with Crippen molar-refractivity contribution in [3.05, 3.63) is 66.2 Å². The van der Waals surface area contributed by atoms with Crippen LogP contribution in [-0.4, -0.2) is 15.5 Å². The first-order valence-electron chi connectivity index (χ1n) is 8.76. The quantitative estimate of drug-likeness (QED) is 0.736. The molecule has 0 aliphatic heterocycles. The van der Waals surface area contributed by atoms with Crippen LogP contribution in [0.1, 0.15) is 38.8 Å². The SMILES string of the molecule is CC(C)(C)CC(=O)NC(Cn1cnc2ccccc21)c1ccc(F)cc1. The molecule has 1 unspecified atom stereocenters. The molecular weight excluding hydrogens is 329 g/mol. The van der Waals surface area contributed by atoms with E-state index < -0.39 is 0 Å². The number of rotatable bonds is 5. The highest BCUT2D eigenvalue weighted by molar-refractivity contribution is 5.77. The zero-order valence-electron chi connectivity index (χ0n) is 15.4. The second kappa shape index (κ2) is 7.28. The minimum Gasteiger partial charge on any atom is -0.347 e. The number of imidazole rings is 1. The van der Waals surface area contributed by atoms with Gasteiger partial charge in [-0.1, -0.05) is 45.0 Å². The lowest BCUT2D eigenvalue weighted by molar-refractivity contribution is -0.123. The average molecular weight is 353 g/mol. The van der Waals surface area contributed by atoms with Crippen LogP contribution in [0.25, 0.3) is 11.0 Å². The monoisotopic (exact) mass is 353 g/mol. The van der Waals surface area contributed by atoms with E-state index in [1.165, 1.54) is 12.1 Å². The molecule has 0 saturated heterocycles. The molecular formula is C21H24FN3O. The van der Waals surface area contributed by atoms with Crippen LogP contribution in [0.5, 0.6) is 0 Å². The van der Waals surface area contributed by atoms with Gasteiger partial charge in [-0.05, 0) is 35.2 Å². The lowest BCUT2D eigenvalue weighted by atomic mass is 9.91. The fraction of sp³-hybridized carbons (Fsp3) is 0.333. The molecule has 5 heteroatoms. The summed E-state index contributed by atoms with van der Waals surface area (Å²) < 4.78 is 15.3. The Morgan fingerprint density at radius 3 is 2.54 bits per heavy atom. The zero-order chi connectivity index (χ0) is 18.7. The van der Waals surface area contributed by atoms with Crippen LogP contribution in [-0.2, 0) is 11.3 Å². The first-order chi connectivity index (χ1) is 12.3. The van der Waals surface area contributed by atoms with Crippen LogP contribution in [0.4, 0.5) is 4.39 Å². The van der Waals surface area contributed by atoms with Crippen LogP contribution in [0.2, 0.25) is 0 Å². The number of nitrogens with zero attached hydrogens (tertiary/aromatic N) is 2. The summed E-state index contributed by atoms with van der Waals surface area (Å²) in [4.78, 5) is 16.9. The maximum Gasteiger partial charge on any atom is 0.221 e. The Hall–Kier alpha value is -2.69. The fourth-order valence-electron chi connectivity index (χ4n) is 3.01. The van der Waals surface area contributed by atoms with Gasteiger partial charge in [0.05, 0.1) is 23.4 Å². The summed E-state index contributed by atoms with van der Waals surface area (Å²) in [5, 5.41) is 3.10. The van der Waals surface area contributed by atoms with E-state index in [1.807, 2.05) is 49.6 Å². The molecule has 1 aromatic heterocycles. The van der Waals surface area contributed by atoms with E-state index >= 15 is 0 Å². The molecule has 1 atom stereocenters. The summed E-state index contributed by atoms with van der Waals surface area (Å²) in [7, 11) is 0. The summed E-state index contributed by atoms with van der Waals surface area (Å²) in [6, 6.07) is 13.9. The number of hydrogen-bond donors (Lipinski definition) is 1. The van der Waals surface area contributed by atoms with Crippen LogP contribution in [0.15, 0.2) is 54.9 Å². The molecule has 3 rings (SSSR count). The molecule has 0 radical (unpaired) electrons. The van der Waals surface area contributed by atoms with Crippen molar-refractivity contribution >= 4 is 16.9 Å². The predicted molar refractivity (Wildman–Crippen MR) is 101 cm³/mol. The van der Waals surface area contributed by atoms with E-state index in [0.29, 0.717) is 13.0 Å². The van der Waals surface area contributed by atoms with Gasteiger partial charge in [0, 0.05) is 13.0 Å². The zero-order valence-corrected chi connectivity index (χ0v) is 15.4. The van der Waals surface area contributed by atoms with Gasteiger partial charge in [0.1, 0.15) is 5.82 Å². The molecule has 0 fully saturated rings. The number of fused-ring (bicyclic) bond motifs is 1. The van der Waals surface area contributed by atoms with Gasteiger partial charge < -0.3 is 9.88 Å². The average Bonchev–Trinajstić information content (AvgIpc) is 2.96. The second-order valence-corrected chi connectivity index (χ2v) is 7.79. The van der Waals surface area contributed by atoms with Crippen molar-refractivity contribution in [1.29, 1.82) is 0 Å². The number of benzene rings is 2. The van der Waals surface area contributed by atoms with Gasteiger partial charge >= 0.3 is 0 Å². The number of aromatic nitrogens is 2. The van der Waals surface area contributed by atoms with Crippen molar-refractivity contribution in [3.8, 4) is 0 Å². The van der Waals surface area contributed by atoms with E-state index in [0.717, 1.165) is 16.6 Å². The molecule has 1 N–H and O–H groups in total. The fourth-order valence-corrected chi connectivity index (χ4v) is 3.01. The van der Waals surface area contributed by atoms with E-state index in [1.54, 1.807) is 18.5 Å². The Bertz CT molecular complexity index is 894. The number of para-hydroxylation sites is 2.